The van der Waals surface area contributed by atoms with Gasteiger partial charge in [0.25, 0.3) is 0 Å². The Hall–Kier alpha value is -2.50. The first-order chi connectivity index (χ1) is 15.6. The Morgan fingerprint density at radius 2 is 0.882 bits per heavy atom. The summed E-state index contributed by atoms with van der Waals surface area (Å²) < 4.78 is 81.3. The van der Waals surface area contributed by atoms with E-state index in [0.717, 1.165) is 11.1 Å². The number of pyridine rings is 2. The standard InChI is InChI=1S/C18H22N2O4.2ClHO4/c1-3-23-17(21)13-19-9-5-15(6-10-19)16-7-11-20(12-8-16)14-18(22)24-4-2;2*2-1(3,4)5/h5-12H,3-4,13-14H2,1-2H3;2*(H,2,3,4,5)/q+2;;/p-2. The van der Waals surface area contributed by atoms with Crippen LogP contribution in [0.4, 0.5) is 0 Å². The number of aromatic nitrogens is 2. The zero-order chi connectivity index (χ0) is 26.4. The number of ether oxygens (including phenoxy) is 2. The first kappa shape index (κ1) is 31.5. The molecular weight excluding hydrogens is 507 g/mol. The smallest absolute Gasteiger partial charge is 0.372 e. The molecule has 34 heavy (non-hydrogen) atoms. The van der Waals surface area contributed by atoms with E-state index >= 15 is 0 Å². The maximum Gasteiger partial charge on any atom is 0.372 e. The Morgan fingerprint density at radius 3 is 1.09 bits per heavy atom. The van der Waals surface area contributed by atoms with Crippen molar-refractivity contribution in [1.29, 1.82) is 0 Å². The van der Waals surface area contributed by atoms with E-state index in [0.29, 0.717) is 13.2 Å². The summed E-state index contributed by atoms with van der Waals surface area (Å²) in [6.07, 6.45) is 7.36. The highest BCUT2D eigenvalue weighted by Crippen LogP contribution is 2.15. The van der Waals surface area contributed by atoms with Gasteiger partial charge in [0.05, 0.1) is 13.2 Å². The molecule has 2 aromatic rings. The van der Waals surface area contributed by atoms with Gasteiger partial charge in [-0.1, -0.05) is 0 Å². The Balaban J connectivity index is 0.000000916. The fourth-order valence-corrected chi connectivity index (χ4v) is 2.22. The van der Waals surface area contributed by atoms with Crippen LogP contribution in [0.1, 0.15) is 13.8 Å². The number of carbonyl (C=O) groups is 2. The summed E-state index contributed by atoms with van der Waals surface area (Å²) >= 11 is 0. The van der Waals surface area contributed by atoms with Crippen molar-refractivity contribution in [3.8, 4) is 11.1 Å². The quantitative estimate of drug-likeness (QED) is 0.240. The molecule has 0 radical (unpaired) electrons. The van der Waals surface area contributed by atoms with Crippen LogP contribution in [-0.4, -0.2) is 25.2 Å². The average Bonchev–Trinajstić information content (AvgIpc) is 2.67. The maximum atomic E-state index is 11.5. The van der Waals surface area contributed by atoms with Crippen LogP contribution in [0.5, 0.6) is 0 Å². The maximum absolute atomic E-state index is 11.5. The summed E-state index contributed by atoms with van der Waals surface area (Å²) in [4.78, 5) is 22.9. The first-order valence-electron chi connectivity index (χ1n) is 9.15. The molecule has 16 heteroatoms. The van der Waals surface area contributed by atoms with Gasteiger partial charge in [-0.25, -0.2) is 46.9 Å². The molecule has 2 aromatic heterocycles. The zero-order valence-corrected chi connectivity index (χ0v) is 19.5. The van der Waals surface area contributed by atoms with Crippen LogP contribution >= 0.6 is 0 Å². The Kier molecular flexibility index (Phi) is 14.3. The van der Waals surface area contributed by atoms with Gasteiger partial charge in [0, 0.05) is 24.3 Å². The van der Waals surface area contributed by atoms with Crippen molar-refractivity contribution in [1.82, 2.24) is 0 Å². The van der Waals surface area contributed by atoms with Gasteiger partial charge in [0.15, 0.2) is 24.8 Å². The largest absolute Gasteiger partial charge is 0.461 e. The van der Waals surface area contributed by atoms with Gasteiger partial charge in [-0.2, -0.15) is 9.13 Å². The van der Waals surface area contributed by atoms with Crippen molar-refractivity contribution >= 4 is 11.9 Å². The highest BCUT2D eigenvalue weighted by molar-refractivity contribution is 5.68. The molecule has 0 unspecified atom stereocenters. The number of carbonyl (C=O) groups excluding carboxylic acids is 2. The van der Waals surface area contributed by atoms with Crippen molar-refractivity contribution in [3.05, 3.63) is 49.1 Å². The third-order valence-corrected chi connectivity index (χ3v) is 3.35. The molecule has 0 amide bonds. The number of nitrogens with zero attached hydrogens (tertiary/aromatic N) is 2. The van der Waals surface area contributed by atoms with Gasteiger partial charge in [0.1, 0.15) is 0 Å². The Bertz CT molecular complexity index is 783. The molecule has 0 fully saturated rings. The SMILES string of the molecule is CCOC(=O)C[n+]1ccc(-c2cc[n+](CC(=O)OCC)cc2)cc1.[O-][Cl+3]([O-])([O-])[O-].[O-][Cl+3]([O-])([O-])[O-]. The minimum atomic E-state index is -4.94. The molecule has 0 saturated carbocycles. The summed E-state index contributed by atoms with van der Waals surface area (Å²) in [6.45, 7) is 4.73. The van der Waals surface area contributed by atoms with E-state index in [2.05, 4.69) is 0 Å². The van der Waals surface area contributed by atoms with Crippen LogP contribution in [0.2, 0.25) is 0 Å². The van der Waals surface area contributed by atoms with E-state index in [4.69, 9.17) is 46.7 Å². The molecule has 0 bridgehead atoms. The van der Waals surface area contributed by atoms with Crippen LogP contribution in [0.15, 0.2) is 49.1 Å². The normalized spacial score (nSPS) is 10.8. The third kappa shape index (κ3) is 19.0. The lowest BCUT2D eigenvalue weighted by atomic mass is 10.1. The fraction of sp³-hybridized carbons (Fsp3) is 0.333. The van der Waals surface area contributed by atoms with Crippen molar-refractivity contribution in [2.24, 2.45) is 0 Å². The highest BCUT2D eigenvalue weighted by atomic mass is 35.7. The number of hydrogen-bond donors (Lipinski definition) is 0. The molecule has 0 aliphatic carbocycles. The van der Waals surface area contributed by atoms with E-state index < -0.39 is 20.5 Å². The van der Waals surface area contributed by atoms with Crippen LogP contribution in [0, 0.1) is 20.5 Å². The van der Waals surface area contributed by atoms with Gasteiger partial charge < -0.3 is 9.47 Å². The van der Waals surface area contributed by atoms with Crippen molar-refractivity contribution in [3.63, 3.8) is 0 Å². The van der Waals surface area contributed by atoms with Gasteiger partial charge in [-0.15, -0.1) is 20.5 Å². The van der Waals surface area contributed by atoms with Crippen molar-refractivity contribution in [2.75, 3.05) is 13.2 Å². The van der Waals surface area contributed by atoms with E-state index in [-0.39, 0.29) is 25.0 Å². The first-order valence-corrected chi connectivity index (χ1v) is 11.6. The number of rotatable bonds is 7. The minimum Gasteiger partial charge on any atom is -0.461 e. The van der Waals surface area contributed by atoms with Crippen LogP contribution in [-0.2, 0) is 32.2 Å². The molecule has 2 rings (SSSR count). The molecule has 0 aromatic carbocycles. The third-order valence-electron chi connectivity index (χ3n) is 3.35. The summed E-state index contributed by atoms with van der Waals surface area (Å²) in [7, 11) is -9.89. The molecule has 0 aliphatic rings. The van der Waals surface area contributed by atoms with Gasteiger partial charge in [-0.3, -0.25) is 0 Å². The molecule has 0 saturated heterocycles. The molecule has 2 heterocycles. The van der Waals surface area contributed by atoms with Crippen LogP contribution in [0.25, 0.3) is 11.1 Å². The second-order valence-electron chi connectivity index (χ2n) is 5.88. The summed E-state index contributed by atoms with van der Waals surface area (Å²) in [5, 5.41) is 0. The highest BCUT2D eigenvalue weighted by Gasteiger charge is 2.12. The predicted octanol–water partition coefficient (Wildman–Crippen LogP) is -8.46. The Morgan fingerprint density at radius 1 is 0.647 bits per heavy atom. The van der Waals surface area contributed by atoms with Gasteiger partial charge in [-0.05, 0) is 25.0 Å². The monoisotopic (exact) mass is 528 g/mol. The lowest BCUT2D eigenvalue weighted by molar-refractivity contribution is -2.00. The predicted molar refractivity (Wildman–Crippen MR) is 85.5 cm³/mol. The van der Waals surface area contributed by atoms with Crippen molar-refractivity contribution < 1.29 is 86.0 Å². The summed E-state index contributed by atoms with van der Waals surface area (Å²) in [5.74, 6) is -0.509. The molecule has 14 nitrogen and oxygen atoms in total. The molecule has 0 N–H and O–H groups in total. The topological polar surface area (TPSA) is 245 Å². The number of halogens is 2. The van der Waals surface area contributed by atoms with Crippen molar-refractivity contribution in [2.45, 2.75) is 26.9 Å². The minimum absolute atomic E-state index is 0.197. The number of esters is 2. The average molecular weight is 529 g/mol. The second kappa shape index (κ2) is 15.4. The van der Waals surface area contributed by atoms with Gasteiger partial charge in [0.2, 0.25) is 13.1 Å². The molecule has 0 atom stereocenters. The molecule has 0 aliphatic heterocycles. The second-order valence-corrected chi connectivity index (χ2v) is 7.40. The number of hydrogen-bond acceptors (Lipinski definition) is 12. The summed E-state index contributed by atoms with van der Waals surface area (Å²) in [5.41, 5.74) is 2.05. The van der Waals surface area contributed by atoms with E-state index in [1.54, 1.807) is 23.0 Å². The van der Waals surface area contributed by atoms with E-state index in [9.17, 15) is 9.59 Å². The molecular formula is C18H22Cl2N2O12. The fourth-order valence-electron chi connectivity index (χ4n) is 2.22. The zero-order valence-electron chi connectivity index (χ0n) is 18.0. The van der Waals surface area contributed by atoms with E-state index in [1.165, 1.54) is 0 Å². The van der Waals surface area contributed by atoms with Gasteiger partial charge >= 0.3 is 11.9 Å². The van der Waals surface area contributed by atoms with E-state index in [1.807, 2.05) is 49.1 Å². The lowest BCUT2D eigenvalue weighted by Crippen LogP contribution is -2.68. The van der Waals surface area contributed by atoms with Crippen LogP contribution in [0.3, 0.4) is 0 Å². The summed E-state index contributed by atoms with van der Waals surface area (Å²) in [6, 6.07) is 7.74. The van der Waals surface area contributed by atoms with Crippen LogP contribution < -0.4 is 46.4 Å². The molecule has 190 valence electrons. The lowest BCUT2D eigenvalue weighted by Gasteiger charge is -2.17. The molecule has 0 spiro atoms. The Labute approximate surface area is 198 Å².